The molecular formula is C14H20N2O. The highest BCUT2D eigenvalue weighted by molar-refractivity contribution is 5.54. The third-order valence-electron chi connectivity index (χ3n) is 4.64. The zero-order valence-corrected chi connectivity index (χ0v) is 10.1. The van der Waals surface area contributed by atoms with Gasteiger partial charge in [0, 0.05) is 37.0 Å². The van der Waals surface area contributed by atoms with E-state index in [0.29, 0.717) is 17.9 Å². The maximum absolute atomic E-state index is 9.53. The molecule has 1 atom stereocenters. The summed E-state index contributed by atoms with van der Waals surface area (Å²) in [5.41, 5.74) is 8.16. The van der Waals surface area contributed by atoms with Gasteiger partial charge in [0.15, 0.2) is 0 Å². The zero-order chi connectivity index (χ0) is 11.9. The average Bonchev–Trinajstić information content (AvgIpc) is 2.69. The van der Waals surface area contributed by atoms with Crippen molar-refractivity contribution in [1.29, 1.82) is 0 Å². The van der Waals surface area contributed by atoms with E-state index in [4.69, 9.17) is 5.73 Å². The van der Waals surface area contributed by atoms with E-state index >= 15 is 0 Å². The van der Waals surface area contributed by atoms with Crippen molar-refractivity contribution in [2.75, 3.05) is 30.3 Å². The number of aliphatic hydroxyl groups excluding tert-OH is 1. The molecule has 0 aromatic heterocycles. The summed E-state index contributed by atoms with van der Waals surface area (Å²) in [6, 6.07) is 8.08. The zero-order valence-electron chi connectivity index (χ0n) is 10.1. The van der Waals surface area contributed by atoms with E-state index in [0.717, 1.165) is 18.8 Å². The number of aliphatic hydroxyl groups is 1. The summed E-state index contributed by atoms with van der Waals surface area (Å²) < 4.78 is 0. The fourth-order valence-electron chi connectivity index (χ4n) is 3.36. The molecule has 0 unspecified atom stereocenters. The molecule has 1 aliphatic carbocycles. The molecule has 1 aromatic carbocycles. The highest BCUT2D eigenvalue weighted by Gasteiger charge is 2.49. The Balaban J connectivity index is 1.80. The minimum atomic E-state index is 0.325. The van der Waals surface area contributed by atoms with Gasteiger partial charge in [-0.3, -0.25) is 0 Å². The van der Waals surface area contributed by atoms with Crippen molar-refractivity contribution >= 4 is 11.4 Å². The molecule has 3 nitrogen and oxygen atoms in total. The number of nitrogens with two attached hydrogens (primary N) is 1. The van der Waals surface area contributed by atoms with Crippen LogP contribution < -0.4 is 10.6 Å². The van der Waals surface area contributed by atoms with Gasteiger partial charge in [0.1, 0.15) is 0 Å². The lowest BCUT2D eigenvalue weighted by Crippen LogP contribution is -2.38. The summed E-state index contributed by atoms with van der Waals surface area (Å²) in [4.78, 5) is 2.40. The van der Waals surface area contributed by atoms with Crippen molar-refractivity contribution in [1.82, 2.24) is 0 Å². The highest BCUT2D eigenvalue weighted by atomic mass is 16.3. The van der Waals surface area contributed by atoms with Crippen LogP contribution in [0.25, 0.3) is 0 Å². The van der Waals surface area contributed by atoms with Crippen LogP contribution in [0.15, 0.2) is 24.3 Å². The molecule has 1 heterocycles. The van der Waals surface area contributed by atoms with E-state index in [-0.39, 0.29) is 0 Å². The predicted molar refractivity (Wildman–Crippen MR) is 69.9 cm³/mol. The molecule has 0 radical (unpaired) electrons. The second-order valence-electron chi connectivity index (χ2n) is 5.57. The minimum Gasteiger partial charge on any atom is -0.399 e. The van der Waals surface area contributed by atoms with Gasteiger partial charge in [-0.15, -0.1) is 0 Å². The Kier molecular flexibility index (Phi) is 2.51. The first-order valence-corrected chi connectivity index (χ1v) is 6.45. The molecular weight excluding hydrogens is 212 g/mol. The van der Waals surface area contributed by atoms with Gasteiger partial charge >= 0.3 is 0 Å². The lowest BCUT2D eigenvalue weighted by Gasteiger charge is -2.42. The van der Waals surface area contributed by atoms with Crippen LogP contribution in [0.1, 0.15) is 19.3 Å². The van der Waals surface area contributed by atoms with Gasteiger partial charge in [0.2, 0.25) is 0 Å². The van der Waals surface area contributed by atoms with Gasteiger partial charge in [0.05, 0.1) is 0 Å². The van der Waals surface area contributed by atoms with Crippen molar-refractivity contribution in [3.05, 3.63) is 24.3 Å². The van der Waals surface area contributed by atoms with Crippen molar-refractivity contribution in [3.63, 3.8) is 0 Å². The molecule has 3 rings (SSSR count). The van der Waals surface area contributed by atoms with Gasteiger partial charge in [-0.1, -0.05) is 6.42 Å². The van der Waals surface area contributed by atoms with Crippen LogP contribution in [0.5, 0.6) is 0 Å². The largest absolute Gasteiger partial charge is 0.399 e. The van der Waals surface area contributed by atoms with Crippen LogP contribution in [-0.2, 0) is 0 Å². The molecule has 3 heteroatoms. The molecule has 1 spiro atoms. The maximum Gasteiger partial charge on any atom is 0.0482 e. The second kappa shape index (κ2) is 3.91. The lowest BCUT2D eigenvalue weighted by atomic mass is 9.63. The Morgan fingerprint density at radius 3 is 2.47 bits per heavy atom. The third kappa shape index (κ3) is 1.69. The number of anilines is 2. The molecule has 1 aliphatic heterocycles. The Bertz CT molecular complexity index is 397. The molecule has 1 aromatic rings. The predicted octanol–water partition coefficient (Wildman–Crippen LogP) is 1.87. The summed E-state index contributed by atoms with van der Waals surface area (Å²) in [5, 5.41) is 9.53. The lowest BCUT2D eigenvalue weighted by molar-refractivity contribution is 0.0571. The van der Waals surface area contributed by atoms with Gasteiger partial charge < -0.3 is 15.7 Å². The minimum absolute atomic E-state index is 0.325. The van der Waals surface area contributed by atoms with E-state index in [2.05, 4.69) is 17.0 Å². The van der Waals surface area contributed by atoms with Crippen molar-refractivity contribution in [2.24, 2.45) is 11.3 Å². The van der Waals surface area contributed by atoms with Crippen LogP contribution in [0.3, 0.4) is 0 Å². The number of nitrogens with zero attached hydrogens (tertiary/aromatic N) is 1. The summed E-state index contributed by atoms with van der Waals surface area (Å²) in [6.45, 7) is 2.41. The van der Waals surface area contributed by atoms with E-state index in [1.165, 1.54) is 24.9 Å². The smallest absolute Gasteiger partial charge is 0.0482 e. The normalized spacial score (nSPS) is 26.2. The fourth-order valence-corrected chi connectivity index (χ4v) is 3.36. The number of rotatable bonds is 2. The van der Waals surface area contributed by atoms with Crippen LogP contribution in [0.2, 0.25) is 0 Å². The summed E-state index contributed by atoms with van der Waals surface area (Å²) in [7, 11) is 0. The van der Waals surface area contributed by atoms with E-state index < -0.39 is 0 Å². The number of benzene rings is 1. The maximum atomic E-state index is 9.53. The monoisotopic (exact) mass is 232 g/mol. The molecule has 0 amide bonds. The van der Waals surface area contributed by atoms with Crippen LogP contribution in [-0.4, -0.2) is 24.8 Å². The Morgan fingerprint density at radius 2 is 2.00 bits per heavy atom. The summed E-state index contributed by atoms with van der Waals surface area (Å²) >= 11 is 0. The Morgan fingerprint density at radius 1 is 1.29 bits per heavy atom. The quantitative estimate of drug-likeness (QED) is 0.765. The van der Waals surface area contributed by atoms with Gasteiger partial charge in [-0.25, -0.2) is 0 Å². The Hall–Kier alpha value is -1.22. The molecule has 0 bridgehead atoms. The first kappa shape index (κ1) is 10.9. The molecule has 92 valence electrons. The van der Waals surface area contributed by atoms with Crippen LogP contribution in [0.4, 0.5) is 11.4 Å². The van der Waals surface area contributed by atoms with E-state index in [9.17, 15) is 5.11 Å². The average molecular weight is 232 g/mol. The van der Waals surface area contributed by atoms with Crippen molar-refractivity contribution in [3.8, 4) is 0 Å². The molecule has 17 heavy (non-hydrogen) atoms. The standard InChI is InChI=1S/C14H20N2O/c15-12-2-4-13(5-3-12)16-8-11(9-17)14(10-16)6-1-7-14/h2-5,11,17H,1,6-10,15H2/t11-/m0/s1. The summed E-state index contributed by atoms with van der Waals surface area (Å²) in [6.07, 6.45) is 3.89. The van der Waals surface area contributed by atoms with E-state index in [1.807, 2.05) is 12.1 Å². The first-order valence-electron chi connectivity index (χ1n) is 6.45. The van der Waals surface area contributed by atoms with Crippen LogP contribution >= 0.6 is 0 Å². The van der Waals surface area contributed by atoms with Crippen LogP contribution in [0, 0.1) is 11.3 Å². The van der Waals surface area contributed by atoms with E-state index in [1.54, 1.807) is 0 Å². The van der Waals surface area contributed by atoms with Crippen molar-refractivity contribution in [2.45, 2.75) is 19.3 Å². The topological polar surface area (TPSA) is 49.5 Å². The number of nitrogen functional groups attached to an aromatic ring is 1. The van der Waals surface area contributed by atoms with Crippen molar-refractivity contribution < 1.29 is 5.11 Å². The second-order valence-corrected chi connectivity index (χ2v) is 5.57. The van der Waals surface area contributed by atoms with Gasteiger partial charge in [0.25, 0.3) is 0 Å². The summed E-state index contributed by atoms with van der Waals surface area (Å²) in [5.74, 6) is 0.453. The molecule has 2 aliphatic rings. The molecule has 1 saturated carbocycles. The number of hydrogen-bond donors (Lipinski definition) is 2. The number of hydrogen-bond acceptors (Lipinski definition) is 3. The van der Waals surface area contributed by atoms with Gasteiger partial charge in [-0.2, -0.15) is 0 Å². The Labute approximate surface area is 102 Å². The molecule has 3 N–H and O–H groups in total. The first-order chi connectivity index (χ1) is 8.23. The highest BCUT2D eigenvalue weighted by Crippen LogP contribution is 2.52. The molecule has 1 saturated heterocycles. The SMILES string of the molecule is Nc1ccc(N2C[C@@H](CO)C3(CCC3)C2)cc1. The molecule has 2 fully saturated rings. The van der Waals surface area contributed by atoms with Gasteiger partial charge in [-0.05, 0) is 42.5 Å². The fraction of sp³-hybridized carbons (Fsp3) is 0.571. The third-order valence-corrected chi connectivity index (χ3v) is 4.64.